The first-order valence-corrected chi connectivity index (χ1v) is 10.8. The molecule has 0 saturated carbocycles. The molecule has 1 amide bonds. The van der Waals surface area contributed by atoms with Crippen molar-refractivity contribution in [3.63, 3.8) is 0 Å². The van der Waals surface area contributed by atoms with Gasteiger partial charge in [-0.25, -0.2) is 0 Å². The summed E-state index contributed by atoms with van der Waals surface area (Å²) >= 11 is 5.36. The van der Waals surface area contributed by atoms with E-state index in [-0.39, 0.29) is 5.91 Å². The fraction of sp³-hybridized carbons (Fsp3) is 0.292. The van der Waals surface area contributed by atoms with Gasteiger partial charge in [-0.15, -0.1) is 0 Å². The van der Waals surface area contributed by atoms with Crippen LogP contribution in [0.5, 0.6) is 23.0 Å². The van der Waals surface area contributed by atoms with Gasteiger partial charge >= 0.3 is 0 Å². The first-order valence-electron chi connectivity index (χ1n) is 10.4. The molecule has 3 N–H and O–H groups in total. The third kappa shape index (κ3) is 6.01. The highest BCUT2D eigenvalue weighted by Gasteiger charge is 2.13. The van der Waals surface area contributed by atoms with Gasteiger partial charge in [-0.05, 0) is 61.5 Å². The Kier molecular flexibility index (Phi) is 7.89. The standard InChI is InChI=1S/C24H28N4O4S/c1-14-11-21(15(2)10-18(14)28-24(33)27-9-8-25-16(3)29)32-20-6-7-26-19-13-23(31-5)22(30-4)12-17(19)20/h6-7,10-13H,8-9H2,1-5H3,(H,25,29)(H2,27,28,33). The summed E-state index contributed by atoms with van der Waals surface area (Å²) < 4.78 is 17.1. The van der Waals surface area contributed by atoms with Gasteiger partial charge in [-0.2, -0.15) is 0 Å². The van der Waals surface area contributed by atoms with Gasteiger partial charge in [0.15, 0.2) is 16.6 Å². The molecule has 1 heterocycles. The van der Waals surface area contributed by atoms with Crippen molar-refractivity contribution in [3.05, 3.63) is 47.7 Å². The number of hydrogen-bond donors (Lipinski definition) is 3. The summed E-state index contributed by atoms with van der Waals surface area (Å²) in [5.74, 6) is 2.54. The van der Waals surface area contributed by atoms with Crippen LogP contribution in [0.4, 0.5) is 5.69 Å². The summed E-state index contributed by atoms with van der Waals surface area (Å²) in [6.07, 6.45) is 1.70. The highest BCUT2D eigenvalue weighted by Crippen LogP contribution is 2.38. The number of carbonyl (C=O) groups is 1. The number of anilines is 1. The molecule has 174 valence electrons. The maximum Gasteiger partial charge on any atom is 0.216 e. The van der Waals surface area contributed by atoms with E-state index in [9.17, 15) is 4.79 Å². The second kappa shape index (κ2) is 10.8. The van der Waals surface area contributed by atoms with Crippen molar-refractivity contribution in [1.82, 2.24) is 15.6 Å². The topological polar surface area (TPSA) is 93.7 Å². The van der Waals surface area contributed by atoms with Gasteiger partial charge in [-0.3, -0.25) is 9.78 Å². The summed E-state index contributed by atoms with van der Waals surface area (Å²) in [6, 6.07) is 9.46. The maximum absolute atomic E-state index is 10.9. The summed E-state index contributed by atoms with van der Waals surface area (Å²) in [4.78, 5) is 15.4. The number of aromatic nitrogens is 1. The van der Waals surface area contributed by atoms with Crippen LogP contribution in [0.25, 0.3) is 10.9 Å². The van der Waals surface area contributed by atoms with Crippen molar-refractivity contribution < 1.29 is 19.0 Å². The summed E-state index contributed by atoms with van der Waals surface area (Å²) in [7, 11) is 3.19. The van der Waals surface area contributed by atoms with Crippen molar-refractivity contribution in [2.24, 2.45) is 0 Å². The molecule has 33 heavy (non-hydrogen) atoms. The van der Waals surface area contributed by atoms with Gasteiger partial charge in [0.05, 0.1) is 19.7 Å². The number of aryl methyl sites for hydroxylation is 2. The largest absolute Gasteiger partial charge is 0.493 e. The Morgan fingerprint density at radius 3 is 2.33 bits per heavy atom. The normalized spacial score (nSPS) is 10.5. The second-order valence-electron chi connectivity index (χ2n) is 7.43. The molecule has 0 fully saturated rings. The summed E-state index contributed by atoms with van der Waals surface area (Å²) in [6.45, 7) is 6.47. The number of nitrogens with one attached hydrogen (secondary N) is 3. The number of carbonyl (C=O) groups excluding carboxylic acids is 1. The minimum Gasteiger partial charge on any atom is -0.493 e. The fourth-order valence-corrected chi connectivity index (χ4v) is 3.48. The van der Waals surface area contributed by atoms with Crippen LogP contribution < -0.4 is 30.2 Å². The molecule has 0 spiro atoms. The van der Waals surface area contributed by atoms with Crippen LogP contribution in [0.3, 0.4) is 0 Å². The molecule has 0 unspecified atom stereocenters. The lowest BCUT2D eigenvalue weighted by molar-refractivity contribution is -0.118. The van der Waals surface area contributed by atoms with Crippen LogP contribution in [0.15, 0.2) is 36.5 Å². The molecule has 1 aromatic heterocycles. The Morgan fingerprint density at radius 1 is 0.939 bits per heavy atom. The molecular formula is C24H28N4O4S. The summed E-state index contributed by atoms with van der Waals surface area (Å²) in [5.41, 5.74) is 3.53. The zero-order valence-electron chi connectivity index (χ0n) is 19.4. The maximum atomic E-state index is 10.9. The number of hydrogen-bond acceptors (Lipinski definition) is 6. The Balaban J connectivity index is 1.79. The quantitative estimate of drug-likeness (QED) is 0.336. The third-order valence-corrected chi connectivity index (χ3v) is 5.23. The number of thiocarbonyl (C=S) groups is 1. The molecule has 8 nitrogen and oxygen atoms in total. The Labute approximate surface area is 198 Å². The fourth-order valence-electron chi connectivity index (χ4n) is 3.27. The smallest absolute Gasteiger partial charge is 0.216 e. The highest BCUT2D eigenvalue weighted by atomic mass is 32.1. The lowest BCUT2D eigenvalue weighted by Gasteiger charge is -2.17. The molecule has 0 aliphatic rings. The summed E-state index contributed by atoms with van der Waals surface area (Å²) in [5, 5.41) is 10.3. The molecule has 0 aliphatic heterocycles. The second-order valence-corrected chi connectivity index (χ2v) is 7.84. The van der Waals surface area contributed by atoms with Gasteiger partial charge in [0.25, 0.3) is 0 Å². The minimum absolute atomic E-state index is 0.0720. The molecule has 0 aliphatic carbocycles. The van der Waals surface area contributed by atoms with E-state index in [0.29, 0.717) is 35.5 Å². The van der Waals surface area contributed by atoms with Crippen molar-refractivity contribution in [3.8, 4) is 23.0 Å². The molecule has 3 rings (SSSR count). The van der Waals surface area contributed by atoms with E-state index in [2.05, 4.69) is 20.9 Å². The lowest BCUT2D eigenvalue weighted by atomic mass is 10.1. The number of nitrogens with zero attached hydrogens (tertiary/aromatic N) is 1. The molecule has 9 heteroatoms. The van der Waals surface area contributed by atoms with Crippen molar-refractivity contribution in [1.29, 1.82) is 0 Å². The van der Waals surface area contributed by atoms with Crippen LogP contribution in [0.1, 0.15) is 18.1 Å². The van der Waals surface area contributed by atoms with Gasteiger partial charge in [-0.1, -0.05) is 0 Å². The number of benzene rings is 2. The molecular weight excluding hydrogens is 440 g/mol. The number of amides is 1. The van der Waals surface area contributed by atoms with Crippen molar-refractivity contribution in [2.45, 2.75) is 20.8 Å². The molecule has 3 aromatic rings. The average molecular weight is 469 g/mol. The Morgan fingerprint density at radius 2 is 1.64 bits per heavy atom. The zero-order chi connectivity index (χ0) is 24.0. The third-order valence-electron chi connectivity index (χ3n) is 4.98. The van der Waals surface area contributed by atoms with E-state index in [0.717, 1.165) is 33.5 Å². The molecule has 0 atom stereocenters. The van der Waals surface area contributed by atoms with Gasteiger partial charge in [0.2, 0.25) is 5.91 Å². The van der Waals surface area contributed by atoms with Crippen LogP contribution in [0, 0.1) is 13.8 Å². The number of rotatable bonds is 8. The average Bonchev–Trinajstić information content (AvgIpc) is 2.79. The van der Waals surface area contributed by atoms with E-state index in [4.69, 9.17) is 26.4 Å². The Hall–Kier alpha value is -3.59. The number of fused-ring (bicyclic) bond motifs is 1. The van der Waals surface area contributed by atoms with E-state index in [1.54, 1.807) is 20.4 Å². The van der Waals surface area contributed by atoms with E-state index in [1.807, 2.05) is 44.2 Å². The SMILES string of the molecule is COc1cc2nccc(Oc3cc(C)c(NC(=S)NCCNC(C)=O)cc3C)c2cc1OC. The van der Waals surface area contributed by atoms with Crippen LogP contribution >= 0.6 is 12.2 Å². The van der Waals surface area contributed by atoms with Crippen molar-refractivity contribution in [2.75, 3.05) is 32.6 Å². The van der Waals surface area contributed by atoms with Crippen LogP contribution in [-0.4, -0.2) is 43.3 Å². The zero-order valence-corrected chi connectivity index (χ0v) is 20.2. The van der Waals surface area contributed by atoms with E-state index < -0.39 is 0 Å². The van der Waals surface area contributed by atoms with Crippen molar-refractivity contribution >= 4 is 39.8 Å². The van der Waals surface area contributed by atoms with Crippen LogP contribution in [0.2, 0.25) is 0 Å². The monoisotopic (exact) mass is 468 g/mol. The van der Waals surface area contributed by atoms with Gasteiger partial charge in [0.1, 0.15) is 11.5 Å². The molecule has 0 radical (unpaired) electrons. The molecule has 0 saturated heterocycles. The first-order chi connectivity index (χ1) is 15.8. The first kappa shape index (κ1) is 24.1. The van der Waals surface area contributed by atoms with Gasteiger partial charge in [0, 0.05) is 43.4 Å². The lowest BCUT2D eigenvalue weighted by Crippen LogP contribution is -2.36. The number of pyridine rings is 1. The van der Waals surface area contributed by atoms with Crippen LogP contribution in [-0.2, 0) is 4.79 Å². The predicted octanol–water partition coefficient (Wildman–Crippen LogP) is 4.08. The minimum atomic E-state index is -0.0720. The predicted molar refractivity (Wildman–Crippen MR) is 134 cm³/mol. The van der Waals surface area contributed by atoms with E-state index in [1.165, 1.54) is 6.92 Å². The Bertz CT molecular complexity index is 1180. The van der Waals surface area contributed by atoms with Gasteiger partial charge < -0.3 is 30.2 Å². The highest BCUT2D eigenvalue weighted by molar-refractivity contribution is 7.80. The number of methoxy groups -OCH3 is 2. The van der Waals surface area contributed by atoms with E-state index >= 15 is 0 Å². The number of ether oxygens (including phenoxy) is 3. The molecule has 2 aromatic carbocycles. The molecule has 0 bridgehead atoms.